The lowest BCUT2D eigenvalue weighted by Gasteiger charge is -2.08. The van der Waals surface area contributed by atoms with E-state index in [-0.39, 0.29) is 0 Å². The van der Waals surface area contributed by atoms with E-state index in [0.29, 0.717) is 22.8 Å². The van der Waals surface area contributed by atoms with Crippen LogP contribution >= 0.6 is 11.8 Å². The summed E-state index contributed by atoms with van der Waals surface area (Å²) in [6.07, 6.45) is 5.02. The summed E-state index contributed by atoms with van der Waals surface area (Å²) in [4.78, 5) is 8.27. The summed E-state index contributed by atoms with van der Waals surface area (Å²) < 4.78 is 0. The van der Waals surface area contributed by atoms with Crippen molar-refractivity contribution in [3.05, 3.63) is 6.07 Å². The molecule has 2 rings (SSSR count). The fraction of sp³-hybridized carbons (Fsp3) is 0.636. The Morgan fingerprint density at radius 1 is 1.35 bits per heavy atom. The van der Waals surface area contributed by atoms with Gasteiger partial charge in [-0.3, -0.25) is 0 Å². The molecule has 1 aliphatic heterocycles. The Morgan fingerprint density at radius 2 is 2.12 bits per heavy atom. The molecule has 5 nitrogen and oxygen atoms in total. The molecule has 5 N–H and O–H groups in total. The first-order chi connectivity index (χ1) is 8.24. The van der Waals surface area contributed by atoms with E-state index in [9.17, 15) is 0 Å². The molecule has 94 valence electrons. The molecule has 0 aliphatic carbocycles. The molecule has 1 aliphatic rings. The minimum atomic E-state index is 0.442. The van der Waals surface area contributed by atoms with E-state index < -0.39 is 0 Å². The summed E-state index contributed by atoms with van der Waals surface area (Å²) in [6.45, 7) is 1.17. The van der Waals surface area contributed by atoms with Crippen LogP contribution in [0.1, 0.15) is 25.7 Å². The number of nitrogens with one attached hydrogen (secondary N) is 1. The number of thioether (sulfide) groups is 1. The van der Waals surface area contributed by atoms with Gasteiger partial charge in [-0.25, -0.2) is 9.97 Å². The summed E-state index contributed by atoms with van der Waals surface area (Å²) in [6, 6.07) is 2.29. The highest BCUT2D eigenvalue weighted by Gasteiger charge is 2.13. The fourth-order valence-electron chi connectivity index (χ4n) is 2.02. The van der Waals surface area contributed by atoms with E-state index in [1.165, 1.54) is 32.2 Å². The van der Waals surface area contributed by atoms with Crippen molar-refractivity contribution in [2.75, 3.05) is 23.8 Å². The van der Waals surface area contributed by atoms with Crippen molar-refractivity contribution in [3.8, 4) is 0 Å². The van der Waals surface area contributed by atoms with E-state index in [2.05, 4.69) is 15.3 Å². The molecule has 0 bridgehead atoms. The first kappa shape index (κ1) is 12.4. The number of nitrogen functional groups attached to an aromatic ring is 2. The maximum Gasteiger partial charge on any atom is 0.191 e. The summed E-state index contributed by atoms with van der Waals surface area (Å²) in [5.74, 6) is 1.90. The second-order valence-corrected chi connectivity index (χ2v) is 5.35. The number of hydrogen-bond donors (Lipinski definition) is 3. The van der Waals surface area contributed by atoms with Gasteiger partial charge >= 0.3 is 0 Å². The highest BCUT2D eigenvalue weighted by Crippen LogP contribution is 2.19. The Bertz CT molecular complexity index is 345. The lowest BCUT2D eigenvalue weighted by Crippen LogP contribution is -2.21. The molecular formula is C11H19N5S. The van der Waals surface area contributed by atoms with Gasteiger partial charge < -0.3 is 16.8 Å². The number of hydrogen-bond acceptors (Lipinski definition) is 6. The Kier molecular flexibility index (Phi) is 4.44. The number of rotatable bonds is 5. The molecule has 17 heavy (non-hydrogen) atoms. The second-order valence-electron chi connectivity index (χ2n) is 4.28. The van der Waals surface area contributed by atoms with Crippen molar-refractivity contribution in [2.45, 2.75) is 36.9 Å². The number of aromatic nitrogens is 2. The summed E-state index contributed by atoms with van der Waals surface area (Å²) in [7, 11) is 0. The Morgan fingerprint density at radius 3 is 2.76 bits per heavy atom. The molecule has 2 heterocycles. The molecular weight excluding hydrogens is 234 g/mol. The standard InChI is InChI=1S/C11H19N5S/c12-9-7-10(13)16-11(15-9)17-6-2-4-8-3-1-5-14-8/h7-8,14H,1-6H2,(H4,12,13,15,16). The molecule has 0 saturated carbocycles. The molecule has 0 aromatic carbocycles. The molecule has 1 unspecified atom stereocenters. The largest absolute Gasteiger partial charge is 0.383 e. The highest BCUT2D eigenvalue weighted by molar-refractivity contribution is 7.99. The van der Waals surface area contributed by atoms with Gasteiger partial charge in [-0.1, -0.05) is 11.8 Å². The van der Waals surface area contributed by atoms with Crippen molar-refractivity contribution in [2.24, 2.45) is 0 Å². The summed E-state index contributed by atoms with van der Waals surface area (Å²) >= 11 is 1.62. The topological polar surface area (TPSA) is 89.9 Å². The molecule has 0 radical (unpaired) electrons. The van der Waals surface area contributed by atoms with Crippen LogP contribution in [0.5, 0.6) is 0 Å². The van der Waals surface area contributed by atoms with Crippen LogP contribution in [0.2, 0.25) is 0 Å². The van der Waals surface area contributed by atoms with E-state index in [1.54, 1.807) is 17.8 Å². The summed E-state index contributed by atoms with van der Waals surface area (Å²) in [5, 5.41) is 4.18. The van der Waals surface area contributed by atoms with Crippen molar-refractivity contribution in [1.82, 2.24) is 15.3 Å². The third-order valence-corrected chi connectivity index (χ3v) is 3.77. The Labute approximate surface area is 106 Å². The third kappa shape index (κ3) is 4.05. The molecule has 0 amide bonds. The highest BCUT2D eigenvalue weighted by atomic mass is 32.2. The molecule has 6 heteroatoms. The average molecular weight is 253 g/mol. The van der Waals surface area contributed by atoms with Crippen LogP contribution in [-0.2, 0) is 0 Å². The van der Waals surface area contributed by atoms with E-state index in [1.807, 2.05) is 0 Å². The number of nitrogens with zero attached hydrogens (tertiary/aromatic N) is 2. The van der Waals surface area contributed by atoms with Crippen LogP contribution in [0.4, 0.5) is 11.6 Å². The van der Waals surface area contributed by atoms with Crippen molar-refractivity contribution in [3.63, 3.8) is 0 Å². The van der Waals surface area contributed by atoms with Gasteiger partial charge in [0.25, 0.3) is 0 Å². The van der Waals surface area contributed by atoms with Crippen molar-refractivity contribution < 1.29 is 0 Å². The maximum absolute atomic E-state index is 5.61. The molecule has 1 aromatic rings. The Hall–Kier alpha value is -1.01. The predicted octanol–water partition coefficient (Wildman–Crippen LogP) is 1.27. The zero-order valence-corrected chi connectivity index (χ0v) is 10.7. The van der Waals surface area contributed by atoms with E-state index >= 15 is 0 Å². The van der Waals surface area contributed by atoms with E-state index in [4.69, 9.17) is 11.5 Å². The molecule has 1 aromatic heterocycles. The van der Waals surface area contributed by atoms with Crippen LogP contribution in [0.3, 0.4) is 0 Å². The maximum atomic E-state index is 5.61. The monoisotopic (exact) mass is 253 g/mol. The molecule has 0 spiro atoms. The first-order valence-electron chi connectivity index (χ1n) is 6.00. The van der Waals surface area contributed by atoms with Crippen LogP contribution in [0.15, 0.2) is 11.2 Å². The van der Waals surface area contributed by atoms with Crippen LogP contribution in [0, 0.1) is 0 Å². The van der Waals surface area contributed by atoms with Gasteiger partial charge in [0.1, 0.15) is 11.6 Å². The summed E-state index contributed by atoms with van der Waals surface area (Å²) in [5.41, 5.74) is 11.2. The first-order valence-corrected chi connectivity index (χ1v) is 6.99. The number of nitrogens with two attached hydrogens (primary N) is 2. The van der Waals surface area contributed by atoms with Gasteiger partial charge in [0, 0.05) is 17.9 Å². The van der Waals surface area contributed by atoms with Gasteiger partial charge in [-0.2, -0.15) is 0 Å². The minimum absolute atomic E-state index is 0.442. The molecule has 1 atom stereocenters. The van der Waals surface area contributed by atoms with E-state index in [0.717, 1.165) is 5.75 Å². The van der Waals surface area contributed by atoms with Crippen LogP contribution < -0.4 is 16.8 Å². The molecule has 1 fully saturated rings. The SMILES string of the molecule is Nc1cc(N)nc(SCCCC2CCCN2)n1. The zero-order chi connectivity index (χ0) is 12.1. The Balaban J connectivity index is 1.70. The normalized spacial score (nSPS) is 19.6. The quantitative estimate of drug-likeness (QED) is 0.416. The van der Waals surface area contributed by atoms with Gasteiger partial charge in [-0.05, 0) is 32.2 Å². The zero-order valence-electron chi connectivity index (χ0n) is 9.85. The van der Waals surface area contributed by atoms with Gasteiger partial charge in [0.15, 0.2) is 5.16 Å². The fourth-order valence-corrected chi connectivity index (χ4v) is 2.86. The lowest BCUT2D eigenvalue weighted by molar-refractivity contribution is 0.553. The van der Waals surface area contributed by atoms with Crippen LogP contribution in [-0.4, -0.2) is 28.3 Å². The van der Waals surface area contributed by atoms with Gasteiger partial charge in [0.2, 0.25) is 0 Å². The van der Waals surface area contributed by atoms with Crippen molar-refractivity contribution in [1.29, 1.82) is 0 Å². The third-order valence-electron chi connectivity index (χ3n) is 2.84. The second kappa shape index (κ2) is 6.07. The minimum Gasteiger partial charge on any atom is -0.383 e. The van der Waals surface area contributed by atoms with Gasteiger partial charge in [0.05, 0.1) is 0 Å². The molecule has 1 saturated heterocycles. The smallest absolute Gasteiger partial charge is 0.191 e. The van der Waals surface area contributed by atoms with Crippen molar-refractivity contribution >= 4 is 23.4 Å². The predicted molar refractivity (Wildman–Crippen MR) is 71.8 cm³/mol. The average Bonchev–Trinajstić information content (AvgIpc) is 2.76. The lowest BCUT2D eigenvalue weighted by atomic mass is 10.1. The van der Waals surface area contributed by atoms with Gasteiger partial charge in [-0.15, -0.1) is 0 Å². The van der Waals surface area contributed by atoms with Crippen LogP contribution in [0.25, 0.3) is 0 Å². The number of anilines is 2.